The molecule has 1 fully saturated rings. The molecule has 5 nitrogen and oxygen atoms in total. The first-order valence-corrected chi connectivity index (χ1v) is 7.31. The maximum atomic E-state index is 11.2. The summed E-state index contributed by atoms with van der Waals surface area (Å²) in [5, 5.41) is 3.42. The van der Waals surface area contributed by atoms with Crippen LogP contribution in [-0.4, -0.2) is 31.6 Å². The summed E-state index contributed by atoms with van der Waals surface area (Å²) in [5.41, 5.74) is 0. The number of amides is 1. The van der Waals surface area contributed by atoms with Gasteiger partial charge in [-0.05, 0) is 37.1 Å². The third-order valence-electron chi connectivity index (χ3n) is 3.48. The zero-order chi connectivity index (χ0) is 15.1. The zero-order valence-electron chi connectivity index (χ0n) is 11.6. The van der Waals surface area contributed by atoms with Crippen molar-refractivity contribution in [3.8, 4) is 5.75 Å². The second-order valence-corrected chi connectivity index (χ2v) is 5.42. The van der Waals surface area contributed by atoms with E-state index in [1.165, 1.54) is 0 Å². The average molecular weight is 312 g/mol. The van der Waals surface area contributed by atoms with Crippen LogP contribution in [0, 0.1) is 5.92 Å². The standard InChI is InChI=1S/C15H18ClNO4/c16-12-3-5-13(6-4-12)20-7-1-2-14(21-10-18)11-8-15(19)17-9-11/h3-6,10-11,14H,1-2,7-9H2,(H,17,19). The van der Waals surface area contributed by atoms with Crippen LogP contribution in [0.1, 0.15) is 19.3 Å². The monoisotopic (exact) mass is 311 g/mol. The lowest BCUT2D eigenvalue weighted by molar-refractivity contribution is -0.137. The van der Waals surface area contributed by atoms with Crippen molar-refractivity contribution in [2.75, 3.05) is 13.2 Å². The van der Waals surface area contributed by atoms with Crippen molar-refractivity contribution in [1.29, 1.82) is 0 Å². The Morgan fingerprint density at radius 3 is 2.76 bits per heavy atom. The van der Waals surface area contributed by atoms with Crippen molar-refractivity contribution in [3.05, 3.63) is 29.3 Å². The van der Waals surface area contributed by atoms with E-state index in [0.717, 1.165) is 12.2 Å². The molecule has 114 valence electrons. The van der Waals surface area contributed by atoms with Gasteiger partial charge in [0.2, 0.25) is 5.91 Å². The predicted octanol–water partition coefficient (Wildman–Crippen LogP) is 2.18. The van der Waals surface area contributed by atoms with Crippen LogP contribution in [0.3, 0.4) is 0 Å². The second-order valence-electron chi connectivity index (χ2n) is 4.98. The molecule has 0 saturated carbocycles. The Balaban J connectivity index is 1.73. The Labute approximate surface area is 128 Å². The minimum Gasteiger partial charge on any atom is -0.494 e. The highest BCUT2D eigenvalue weighted by atomic mass is 35.5. The highest BCUT2D eigenvalue weighted by Gasteiger charge is 2.30. The molecule has 2 atom stereocenters. The lowest BCUT2D eigenvalue weighted by Gasteiger charge is -2.20. The van der Waals surface area contributed by atoms with Crippen LogP contribution in [0.15, 0.2) is 24.3 Å². The van der Waals surface area contributed by atoms with Crippen LogP contribution < -0.4 is 10.1 Å². The van der Waals surface area contributed by atoms with Crippen LogP contribution in [0.2, 0.25) is 5.02 Å². The number of hydrogen-bond donors (Lipinski definition) is 1. The van der Waals surface area contributed by atoms with Gasteiger partial charge in [-0.1, -0.05) is 11.6 Å². The summed E-state index contributed by atoms with van der Waals surface area (Å²) < 4.78 is 10.7. The van der Waals surface area contributed by atoms with Gasteiger partial charge in [0.15, 0.2) is 0 Å². The molecule has 1 aliphatic rings. The molecule has 0 radical (unpaired) electrons. The van der Waals surface area contributed by atoms with Gasteiger partial charge in [-0.3, -0.25) is 9.59 Å². The zero-order valence-corrected chi connectivity index (χ0v) is 12.3. The quantitative estimate of drug-likeness (QED) is 0.590. The highest BCUT2D eigenvalue weighted by molar-refractivity contribution is 6.30. The predicted molar refractivity (Wildman–Crippen MR) is 78.2 cm³/mol. The van der Waals surface area contributed by atoms with Crippen LogP contribution in [-0.2, 0) is 14.3 Å². The van der Waals surface area contributed by atoms with Crippen molar-refractivity contribution in [2.24, 2.45) is 5.92 Å². The summed E-state index contributed by atoms with van der Waals surface area (Å²) in [5.74, 6) is 0.820. The Hall–Kier alpha value is -1.75. The fourth-order valence-corrected chi connectivity index (χ4v) is 2.51. The number of rotatable bonds is 8. The smallest absolute Gasteiger partial charge is 0.293 e. The van der Waals surface area contributed by atoms with Crippen LogP contribution in [0.25, 0.3) is 0 Å². The first-order valence-electron chi connectivity index (χ1n) is 6.93. The number of hydrogen-bond acceptors (Lipinski definition) is 4. The topological polar surface area (TPSA) is 64.6 Å². The van der Waals surface area contributed by atoms with Gasteiger partial charge in [-0.25, -0.2) is 0 Å². The molecule has 2 unspecified atom stereocenters. The van der Waals surface area contributed by atoms with Crippen molar-refractivity contribution in [2.45, 2.75) is 25.4 Å². The molecule has 6 heteroatoms. The molecule has 2 rings (SSSR count). The second kappa shape index (κ2) is 7.88. The van der Waals surface area contributed by atoms with Gasteiger partial charge in [0, 0.05) is 23.9 Å². The summed E-state index contributed by atoms with van der Waals surface area (Å²) in [6.07, 6.45) is 1.59. The van der Waals surface area contributed by atoms with Crippen molar-refractivity contribution in [1.82, 2.24) is 5.32 Å². The normalized spacial score (nSPS) is 18.9. The highest BCUT2D eigenvalue weighted by Crippen LogP contribution is 2.21. The van der Waals surface area contributed by atoms with Gasteiger partial charge in [0.1, 0.15) is 11.9 Å². The molecule has 1 heterocycles. The minimum atomic E-state index is -0.240. The first-order chi connectivity index (χ1) is 10.2. The lowest BCUT2D eigenvalue weighted by atomic mass is 9.97. The third-order valence-corrected chi connectivity index (χ3v) is 3.73. The number of ether oxygens (including phenoxy) is 2. The van der Waals surface area contributed by atoms with E-state index in [2.05, 4.69) is 5.32 Å². The van der Waals surface area contributed by atoms with Gasteiger partial charge in [0.25, 0.3) is 6.47 Å². The van der Waals surface area contributed by atoms with E-state index >= 15 is 0 Å². The molecule has 0 spiro atoms. The summed E-state index contributed by atoms with van der Waals surface area (Å²) in [6, 6.07) is 7.15. The summed E-state index contributed by atoms with van der Waals surface area (Å²) in [6.45, 7) is 1.54. The number of carbonyl (C=O) groups excluding carboxylic acids is 2. The van der Waals surface area contributed by atoms with Crippen molar-refractivity contribution in [3.63, 3.8) is 0 Å². The molecule has 1 aromatic carbocycles. The Morgan fingerprint density at radius 1 is 1.38 bits per heavy atom. The van der Waals surface area contributed by atoms with Crippen LogP contribution in [0.4, 0.5) is 0 Å². The molecule has 1 N–H and O–H groups in total. The van der Waals surface area contributed by atoms with Gasteiger partial charge in [-0.15, -0.1) is 0 Å². The molecular formula is C15H18ClNO4. The molecule has 1 amide bonds. The fourth-order valence-electron chi connectivity index (χ4n) is 2.38. The molecule has 1 aromatic rings. The van der Waals surface area contributed by atoms with E-state index < -0.39 is 0 Å². The number of halogens is 1. The summed E-state index contributed by atoms with van der Waals surface area (Å²) in [4.78, 5) is 21.8. The summed E-state index contributed by atoms with van der Waals surface area (Å²) in [7, 11) is 0. The minimum absolute atomic E-state index is 0.0110. The van der Waals surface area contributed by atoms with Crippen LogP contribution in [0.5, 0.6) is 5.75 Å². The van der Waals surface area contributed by atoms with Crippen molar-refractivity contribution >= 4 is 24.0 Å². The SMILES string of the molecule is O=COC(CCCOc1ccc(Cl)cc1)C1CNC(=O)C1. The molecule has 21 heavy (non-hydrogen) atoms. The van der Waals surface area contributed by atoms with E-state index in [9.17, 15) is 9.59 Å². The van der Waals surface area contributed by atoms with Gasteiger partial charge < -0.3 is 14.8 Å². The number of benzene rings is 1. The Morgan fingerprint density at radius 2 is 2.14 bits per heavy atom. The molecule has 0 aliphatic carbocycles. The van der Waals surface area contributed by atoms with E-state index in [1.54, 1.807) is 24.3 Å². The van der Waals surface area contributed by atoms with E-state index in [1.807, 2.05) is 0 Å². The van der Waals surface area contributed by atoms with E-state index in [-0.39, 0.29) is 17.9 Å². The maximum Gasteiger partial charge on any atom is 0.293 e. The summed E-state index contributed by atoms with van der Waals surface area (Å²) >= 11 is 5.80. The van der Waals surface area contributed by atoms with Crippen LogP contribution >= 0.6 is 11.6 Å². The molecule has 1 aliphatic heterocycles. The Bertz CT molecular complexity index is 477. The third kappa shape index (κ3) is 4.93. The molecule has 0 aromatic heterocycles. The number of nitrogens with one attached hydrogen (secondary N) is 1. The van der Waals surface area contributed by atoms with Gasteiger partial charge in [-0.2, -0.15) is 0 Å². The molecular weight excluding hydrogens is 294 g/mol. The first kappa shape index (κ1) is 15.6. The molecule has 1 saturated heterocycles. The average Bonchev–Trinajstić information content (AvgIpc) is 2.91. The fraction of sp³-hybridized carbons (Fsp3) is 0.467. The van der Waals surface area contributed by atoms with Crippen molar-refractivity contribution < 1.29 is 19.1 Å². The van der Waals surface area contributed by atoms with E-state index in [4.69, 9.17) is 21.1 Å². The molecule has 0 bridgehead atoms. The van der Waals surface area contributed by atoms with E-state index in [0.29, 0.717) is 37.5 Å². The van der Waals surface area contributed by atoms with Gasteiger partial charge in [0.05, 0.1) is 6.61 Å². The maximum absolute atomic E-state index is 11.2. The largest absolute Gasteiger partial charge is 0.494 e. The lowest BCUT2D eigenvalue weighted by Crippen LogP contribution is -2.26. The Kier molecular flexibility index (Phi) is 5.87. The number of carbonyl (C=O) groups is 2. The van der Waals surface area contributed by atoms with Gasteiger partial charge >= 0.3 is 0 Å².